The number of likely N-dealkylation sites (tertiary alicyclic amines) is 2. The number of carbonyl (C=O) groups is 1. The highest BCUT2D eigenvalue weighted by Crippen LogP contribution is 2.22. The van der Waals surface area contributed by atoms with Gasteiger partial charge in [0.1, 0.15) is 0 Å². The molecule has 0 unspecified atom stereocenters. The van der Waals surface area contributed by atoms with Crippen molar-refractivity contribution in [1.29, 1.82) is 0 Å². The SMILES string of the molecule is CN1CCC(N2CCC[C@H](NC(=O)CC3=CCCCC3)C2)CC1. The van der Waals surface area contributed by atoms with Gasteiger partial charge in [0.15, 0.2) is 0 Å². The number of carbonyl (C=O) groups excluding carboxylic acids is 1. The number of hydrogen-bond donors (Lipinski definition) is 1. The van der Waals surface area contributed by atoms with Gasteiger partial charge in [-0.25, -0.2) is 0 Å². The van der Waals surface area contributed by atoms with E-state index in [-0.39, 0.29) is 5.91 Å². The van der Waals surface area contributed by atoms with Crippen molar-refractivity contribution in [2.75, 3.05) is 33.2 Å². The highest BCUT2D eigenvalue weighted by molar-refractivity contribution is 5.78. The molecule has 130 valence electrons. The molecule has 0 radical (unpaired) electrons. The van der Waals surface area contributed by atoms with Crippen molar-refractivity contribution in [3.8, 4) is 0 Å². The molecule has 3 aliphatic rings. The second kappa shape index (κ2) is 8.29. The van der Waals surface area contributed by atoms with E-state index in [2.05, 4.69) is 28.2 Å². The van der Waals surface area contributed by atoms with Crippen LogP contribution in [-0.2, 0) is 4.79 Å². The molecule has 0 aromatic carbocycles. The number of rotatable bonds is 4. The molecule has 0 bridgehead atoms. The Morgan fingerprint density at radius 3 is 2.74 bits per heavy atom. The summed E-state index contributed by atoms with van der Waals surface area (Å²) in [4.78, 5) is 17.4. The van der Waals surface area contributed by atoms with Crippen molar-refractivity contribution in [3.05, 3.63) is 11.6 Å². The molecule has 2 aliphatic heterocycles. The molecule has 0 saturated carbocycles. The topological polar surface area (TPSA) is 35.6 Å². The maximum Gasteiger partial charge on any atom is 0.224 e. The van der Waals surface area contributed by atoms with Gasteiger partial charge in [0, 0.05) is 25.0 Å². The summed E-state index contributed by atoms with van der Waals surface area (Å²) >= 11 is 0. The summed E-state index contributed by atoms with van der Waals surface area (Å²) in [6.07, 6.45) is 12.7. The molecule has 3 rings (SSSR count). The minimum Gasteiger partial charge on any atom is -0.352 e. The number of nitrogens with one attached hydrogen (secondary N) is 1. The molecule has 23 heavy (non-hydrogen) atoms. The molecule has 1 N–H and O–H groups in total. The minimum atomic E-state index is 0.244. The van der Waals surface area contributed by atoms with E-state index in [1.165, 1.54) is 57.3 Å². The van der Waals surface area contributed by atoms with Gasteiger partial charge in [-0.3, -0.25) is 9.69 Å². The van der Waals surface area contributed by atoms with Gasteiger partial charge in [-0.15, -0.1) is 0 Å². The highest BCUT2D eigenvalue weighted by Gasteiger charge is 2.28. The monoisotopic (exact) mass is 319 g/mol. The maximum absolute atomic E-state index is 12.3. The van der Waals surface area contributed by atoms with Gasteiger partial charge in [-0.2, -0.15) is 0 Å². The van der Waals surface area contributed by atoms with Gasteiger partial charge < -0.3 is 10.2 Å². The zero-order valence-corrected chi connectivity index (χ0v) is 14.7. The standard InChI is InChI=1S/C19H33N3O/c1-21-12-9-18(10-13-21)22-11-5-8-17(15-22)20-19(23)14-16-6-3-2-4-7-16/h6,17-18H,2-5,7-15H2,1H3,(H,20,23)/t17-/m0/s1. The van der Waals surface area contributed by atoms with Crippen molar-refractivity contribution < 1.29 is 4.79 Å². The summed E-state index contributed by atoms with van der Waals surface area (Å²) < 4.78 is 0. The van der Waals surface area contributed by atoms with Crippen LogP contribution in [0.3, 0.4) is 0 Å². The first kappa shape index (κ1) is 17.0. The normalized spacial score (nSPS) is 28.4. The predicted molar refractivity (Wildman–Crippen MR) is 94.4 cm³/mol. The van der Waals surface area contributed by atoms with Gasteiger partial charge in [0.25, 0.3) is 0 Å². The quantitative estimate of drug-likeness (QED) is 0.809. The van der Waals surface area contributed by atoms with Gasteiger partial charge in [0.2, 0.25) is 5.91 Å². The Morgan fingerprint density at radius 2 is 2.00 bits per heavy atom. The van der Waals surface area contributed by atoms with Crippen LogP contribution in [-0.4, -0.2) is 61.0 Å². The molecular weight excluding hydrogens is 286 g/mol. The Bertz CT molecular complexity index is 426. The Balaban J connectivity index is 1.44. The Labute approximate surface area is 141 Å². The van der Waals surface area contributed by atoms with Crippen LogP contribution in [0.1, 0.15) is 57.8 Å². The number of amides is 1. The van der Waals surface area contributed by atoms with Crippen LogP contribution in [0.15, 0.2) is 11.6 Å². The van der Waals surface area contributed by atoms with Crippen LogP contribution in [0.2, 0.25) is 0 Å². The molecule has 2 saturated heterocycles. The van der Waals surface area contributed by atoms with Crippen LogP contribution in [0, 0.1) is 0 Å². The number of allylic oxidation sites excluding steroid dienone is 1. The molecular formula is C19H33N3O. The lowest BCUT2D eigenvalue weighted by molar-refractivity contribution is -0.121. The lowest BCUT2D eigenvalue weighted by Gasteiger charge is -2.41. The van der Waals surface area contributed by atoms with Crippen LogP contribution < -0.4 is 5.32 Å². The van der Waals surface area contributed by atoms with Crippen molar-refractivity contribution in [1.82, 2.24) is 15.1 Å². The summed E-state index contributed by atoms with van der Waals surface area (Å²) in [6, 6.07) is 1.09. The fraction of sp³-hybridized carbons (Fsp3) is 0.842. The van der Waals surface area contributed by atoms with Gasteiger partial charge in [0.05, 0.1) is 0 Å². The van der Waals surface area contributed by atoms with E-state index < -0.39 is 0 Å². The number of nitrogens with zero attached hydrogens (tertiary/aromatic N) is 2. The van der Waals surface area contributed by atoms with Gasteiger partial charge in [-0.1, -0.05) is 11.6 Å². The number of piperidine rings is 2. The summed E-state index contributed by atoms with van der Waals surface area (Å²) in [7, 11) is 2.22. The second-order valence-corrected chi connectivity index (χ2v) is 7.72. The van der Waals surface area contributed by atoms with E-state index in [0.717, 1.165) is 31.8 Å². The third-order valence-electron chi connectivity index (χ3n) is 5.80. The Morgan fingerprint density at radius 1 is 1.17 bits per heavy atom. The van der Waals surface area contributed by atoms with E-state index in [1.807, 2.05) is 0 Å². The molecule has 4 heteroatoms. The molecule has 4 nitrogen and oxygen atoms in total. The minimum absolute atomic E-state index is 0.244. The van der Waals surface area contributed by atoms with Gasteiger partial charge in [-0.05, 0) is 78.0 Å². The molecule has 1 atom stereocenters. The van der Waals surface area contributed by atoms with Gasteiger partial charge >= 0.3 is 0 Å². The first-order valence-corrected chi connectivity index (χ1v) is 9.60. The summed E-state index contributed by atoms with van der Waals surface area (Å²) in [5, 5.41) is 3.31. The van der Waals surface area contributed by atoms with Crippen LogP contribution >= 0.6 is 0 Å². The largest absolute Gasteiger partial charge is 0.352 e. The lowest BCUT2D eigenvalue weighted by atomic mass is 9.96. The maximum atomic E-state index is 12.3. The fourth-order valence-electron chi connectivity index (χ4n) is 4.37. The average molecular weight is 319 g/mol. The molecule has 0 spiro atoms. The third-order valence-corrected chi connectivity index (χ3v) is 5.80. The summed E-state index contributed by atoms with van der Waals surface area (Å²) in [5.74, 6) is 0.244. The summed E-state index contributed by atoms with van der Waals surface area (Å²) in [6.45, 7) is 4.70. The fourth-order valence-corrected chi connectivity index (χ4v) is 4.37. The van der Waals surface area contributed by atoms with Crippen molar-refractivity contribution in [2.24, 2.45) is 0 Å². The van der Waals surface area contributed by atoms with E-state index in [9.17, 15) is 4.79 Å². The Hall–Kier alpha value is -0.870. The first-order valence-electron chi connectivity index (χ1n) is 9.60. The Kier molecular flexibility index (Phi) is 6.12. The molecule has 1 aliphatic carbocycles. The van der Waals surface area contributed by atoms with Crippen molar-refractivity contribution in [2.45, 2.75) is 69.9 Å². The molecule has 0 aromatic rings. The van der Waals surface area contributed by atoms with Crippen LogP contribution in [0.4, 0.5) is 0 Å². The number of hydrogen-bond acceptors (Lipinski definition) is 3. The predicted octanol–water partition coefficient (Wildman–Crippen LogP) is 2.55. The molecule has 2 heterocycles. The van der Waals surface area contributed by atoms with Crippen LogP contribution in [0.5, 0.6) is 0 Å². The van der Waals surface area contributed by atoms with E-state index >= 15 is 0 Å². The van der Waals surface area contributed by atoms with E-state index in [4.69, 9.17) is 0 Å². The highest BCUT2D eigenvalue weighted by atomic mass is 16.1. The second-order valence-electron chi connectivity index (χ2n) is 7.72. The smallest absolute Gasteiger partial charge is 0.224 e. The first-order chi connectivity index (χ1) is 11.2. The van der Waals surface area contributed by atoms with Crippen molar-refractivity contribution in [3.63, 3.8) is 0 Å². The zero-order valence-electron chi connectivity index (χ0n) is 14.7. The zero-order chi connectivity index (χ0) is 16.1. The lowest BCUT2D eigenvalue weighted by Crippen LogP contribution is -2.53. The average Bonchev–Trinajstić information content (AvgIpc) is 2.56. The van der Waals surface area contributed by atoms with E-state index in [0.29, 0.717) is 12.5 Å². The summed E-state index contributed by atoms with van der Waals surface area (Å²) in [5.41, 5.74) is 1.36. The van der Waals surface area contributed by atoms with Crippen LogP contribution in [0.25, 0.3) is 0 Å². The molecule has 1 amide bonds. The molecule has 0 aromatic heterocycles. The van der Waals surface area contributed by atoms with Crippen molar-refractivity contribution >= 4 is 5.91 Å². The third kappa shape index (κ3) is 5.05. The van der Waals surface area contributed by atoms with E-state index in [1.54, 1.807) is 0 Å². The molecule has 2 fully saturated rings.